The smallest absolute Gasteiger partial charge is 0.0244 e. The van der Waals surface area contributed by atoms with E-state index in [4.69, 9.17) is 6.42 Å². The lowest BCUT2D eigenvalue weighted by molar-refractivity contribution is 0.0845. The summed E-state index contributed by atoms with van der Waals surface area (Å²) in [6.07, 6.45) is 7.37. The lowest BCUT2D eigenvalue weighted by Gasteiger charge is -2.43. The van der Waals surface area contributed by atoms with E-state index in [9.17, 15) is 0 Å². The lowest BCUT2D eigenvalue weighted by Crippen LogP contribution is -2.59. The molecule has 1 rings (SSSR count). The third-order valence-corrected chi connectivity index (χ3v) is 3.83. The van der Waals surface area contributed by atoms with Crippen LogP contribution in [-0.4, -0.2) is 36.6 Å². The molecule has 0 aliphatic carbocycles. The summed E-state index contributed by atoms with van der Waals surface area (Å²) in [7, 11) is 0. The minimum atomic E-state index is 0.635. The van der Waals surface area contributed by atoms with Crippen LogP contribution in [0.5, 0.6) is 0 Å². The number of piperazine rings is 1. The summed E-state index contributed by atoms with van der Waals surface area (Å²) in [6, 6.07) is 1.30. The van der Waals surface area contributed by atoms with Gasteiger partial charge >= 0.3 is 0 Å². The van der Waals surface area contributed by atoms with Gasteiger partial charge in [0.15, 0.2) is 0 Å². The van der Waals surface area contributed by atoms with Gasteiger partial charge in [-0.3, -0.25) is 4.90 Å². The highest BCUT2D eigenvalue weighted by molar-refractivity contribution is 4.90. The van der Waals surface area contributed by atoms with E-state index >= 15 is 0 Å². The predicted octanol–water partition coefficient (Wildman–Crippen LogP) is 2.35. The Labute approximate surface area is 107 Å². The molecule has 1 N–H and O–H groups in total. The zero-order valence-corrected chi connectivity index (χ0v) is 11.9. The summed E-state index contributed by atoms with van der Waals surface area (Å²) >= 11 is 0. The molecule has 0 amide bonds. The van der Waals surface area contributed by atoms with Crippen LogP contribution in [0, 0.1) is 24.2 Å². The van der Waals surface area contributed by atoms with E-state index in [2.05, 4.69) is 43.8 Å². The number of nitrogens with one attached hydrogen (secondary N) is 1. The molecule has 0 aromatic rings. The van der Waals surface area contributed by atoms with Gasteiger partial charge in [-0.1, -0.05) is 27.7 Å². The normalized spacial score (nSPS) is 26.4. The third kappa shape index (κ3) is 4.33. The highest BCUT2D eigenvalue weighted by Crippen LogP contribution is 2.18. The molecule has 2 heteroatoms. The first-order valence-corrected chi connectivity index (χ1v) is 6.97. The summed E-state index contributed by atoms with van der Waals surface area (Å²) in [5.74, 6) is 4.16. The van der Waals surface area contributed by atoms with Crippen LogP contribution in [0.3, 0.4) is 0 Å². The van der Waals surface area contributed by atoms with Crippen molar-refractivity contribution >= 4 is 0 Å². The fourth-order valence-electron chi connectivity index (χ4n) is 2.60. The van der Waals surface area contributed by atoms with Crippen LogP contribution in [0.4, 0.5) is 0 Å². The van der Waals surface area contributed by atoms with Gasteiger partial charge in [-0.05, 0) is 24.8 Å². The average molecular weight is 236 g/mol. The second-order valence-corrected chi connectivity index (χ2v) is 5.87. The Morgan fingerprint density at radius 2 is 2.00 bits per heavy atom. The maximum atomic E-state index is 5.33. The molecule has 0 aromatic heterocycles. The lowest BCUT2D eigenvalue weighted by atomic mass is 9.94. The summed E-state index contributed by atoms with van der Waals surface area (Å²) in [5.41, 5.74) is 0. The van der Waals surface area contributed by atoms with E-state index in [1.165, 1.54) is 6.54 Å². The molecule has 1 aliphatic heterocycles. The number of hydrogen-bond acceptors (Lipinski definition) is 2. The highest BCUT2D eigenvalue weighted by Gasteiger charge is 2.30. The topological polar surface area (TPSA) is 15.3 Å². The Hall–Kier alpha value is -0.520. The van der Waals surface area contributed by atoms with Gasteiger partial charge in [0.1, 0.15) is 0 Å². The zero-order chi connectivity index (χ0) is 12.8. The van der Waals surface area contributed by atoms with Crippen LogP contribution in [-0.2, 0) is 0 Å². The van der Waals surface area contributed by atoms with Crippen molar-refractivity contribution in [1.82, 2.24) is 10.2 Å². The molecule has 2 nitrogen and oxygen atoms in total. The fourth-order valence-corrected chi connectivity index (χ4v) is 2.60. The van der Waals surface area contributed by atoms with E-state index in [0.717, 1.165) is 25.9 Å². The Balaban J connectivity index is 2.53. The SMILES string of the molecule is C#CCCCN1CC(C(C)C)NCC1C(C)C. The number of hydrogen-bond donors (Lipinski definition) is 1. The minimum Gasteiger partial charge on any atom is -0.311 e. The van der Waals surface area contributed by atoms with Crippen molar-refractivity contribution in [2.24, 2.45) is 11.8 Å². The molecule has 17 heavy (non-hydrogen) atoms. The summed E-state index contributed by atoms with van der Waals surface area (Å²) < 4.78 is 0. The second-order valence-electron chi connectivity index (χ2n) is 5.87. The van der Waals surface area contributed by atoms with Gasteiger partial charge in [0, 0.05) is 31.6 Å². The average Bonchev–Trinajstić information content (AvgIpc) is 2.28. The molecule has 1 saturated heterocycles. The number of unbranched alkanes of at least 4 members (excludes halogenated alkanes) is 1. The molecule has 2 atom stereocenters. The van der Waals surface area contributed by atoms with Gasteiger partial charge in [-0.25, -0.2) is 0 Å². The molecule has 1 fully saturated rings. The molecule has 1 heterocycles. The van der Waals surface area contributed by atoms with Gasteiger partial charge in [-0.15, -0.1) is 12.3 Å². The molecule has 0 saturated carbocycles. The first kappa shape index (κ1) is 14.5. The minimum absolute atomic E-state index is 0.635. The van der Waals surface area contributed by atoms with E-state index in [0.29, 0.717) is 23.9 Å². The van der Waals surface area contributed by atoms with Crippen LogP contribution in [0.1, 0.15) is 40.5 Å². The van der Waals surface area contributed by atoms with Crippen LogP contribution in [0.15, 0.2) is 0 Å². The fraction of sp³-hybridized carbons (Fsp3) is 0.867. The molecule has 0 radical (unpaired) electrons. The number of nitrogens with zero attached hydrogens (tertiary/aromatic N) is 1. The molecule has 1 aliphatic rings. The monoisotopic (exact) mass is 236 g/mol. The van der Waals surface area contributed by atoms with Crippen molar-refractivity contribution in [3.8, 4) is 12.3 Å². The number of terminal acetylenes is 1. The van der Waals surface area contributed by atoms with E-state index in [1.54, 1.807) is 0 Å². The summed E-state index contributed by atoms with van der Waals surface area (Å²) in [5, 5.41) is 3.69. The molecule has 0 bridgehead atoms. The van der Waals surface area contributed by atoms with Crippen LogP contribution in [0.25, 0.3) is 0 Å². The maximum absolute atomic E-state index is 5.33. The maximum Gasteiger partial charge on any atom is 0.0244 e. The second kappa shape index (κ2) is 7.03. The van der Waals surface area contributed by atoms with Crippen molar-refractivity contribution in [2.75, 3.05) is 19.6 Å². The van der Waals surface area contributed by atoms with E-state index < -0.39 is 0 Å². The quantitative estimate of drug-likeness (QED) is 0.582. The third-order valence-electron chi connectivity index (χ3n) is 3.83. The predicted molar refractivity (Wildman–Crippen MR) is 74.9 cm³/mol. The van der Waals surface area contributed by atoms with Gasteiger partial charge < -0.3 is 5.32 Å². The Bertz CT molecular complexity index is 252. The zero-order valence-electron chi connectivity index (χ0n) is 11.9. The molecule has 98 valence electrons. The van der Waals surface area contributed by atoms with Crippen molar-refractivity contribution in [2.45, 2.75) is 52.6 Å². The van der Waals surface area contributed by atoms with Gasteiger partial charge in [-0.2, -0.15) is 0 Å². The van der Waals surface area contributed by atoms with Gasteiger partial charge in [0.25, 0.3) is 0 Å². The van der Waals surface area contributed by atoms with Crippen LogP contribution in [0.2, 0.25) is 0 Å². The van der Waals surface area contributed by atoms with E-state index in [1.807, 2.05) is 0 Å². The molecular formula is C15H28N2. The van der Waals surface area contributed by atoms with Crippen LogP contribution < -0.4 is 5.32 Å². The van der Waals surface area contributed by atoms with Crippen LogP contribution >= 0.6 is 0 Å². The first-order chi connectivity index (χ1) is 8.06. The van der Waals surface area contributed by atoms with E-state index in [-0.39, 0.29) is 0 Å². The summed E-state index contributed by atoms with van der Waals surface area (Å²) in [4.78, 5) is 2.64. The molecule has 2 unspecified atom stereocenters. The first-order valence-electron chi connectivity index (χ1n) is 6.97. The Morgan fingerprint density at radius 1 is 1.29 bits per heavy atom. The summed E-state index contributed by atoms with van der Waals surface area (Å²) in [6.45, 7) is 12.7. The van der Waals surface area contributed by atoms with Crippen molar-refractivity contribution in [3.63, 3.8) is 0 Å². The van der Waals surface area contributed by atoms with Crippen molar-refractivity contribution < 1.29 is 0 Å². The molecule has 0 aromatic carbocycles. The highest BCUT2D eigenvalue weighted by atomic mass is 15.2. The van der Waals surface area contributed by atoms with Gasteiger partial charge in [0.2, 0.25) is 0 Å². The Morgan fingerprint density at radius 3 is 2.53 bits per heavy atom. The van der Waals surface area contributed by atoms with Crippen molar-refractivity contribution in [3.05, 3.63) is 0 Å². The van der Waals surface area contributed by atoms with Crippen molar-refractivity contribution in [1.29, 1.82) is 0 Å². The molecular weight excluding hydrogens is 208 g/mol. The van der Waals surface area contributed by atoms with Gasteiger partial charge in [0.05, 0.1) is 0 Å². The largest absolute Gasteiger partial charge is 0.311 e. The standard InChI is InChI=1S/C15H28N2/c1-6-7-8-9-17-11-14(12(2)3)16-10-15(17)13(4)5/h1,12-16H,7-11H2,2-5H3. The number of rotatable bonds is 5. The Kier molecular flexibility index (Phi) is 6.02. The molecule has 0 spiro atoms.